The van der Waals surface area contributed by atoms with Crippen molar-refractivity contribution in [2.24, 2.45) is 0 Å². The first kappa shape index (κ1) is 11.5. The molecule has 0 saturated heterocycles. The van der Waals surface area contributed by atoms with Gasteiger partial charge in [-0.3, -0.25) is 4.79 Å². The van der Waals surface area contributed by atoms with Gasteiger partial charge in [0.1, 0.15) is 13.2 Å². The maximum Gasteiger partial charge on any atom is 0.165 e. The van der Waals surface area contributed by atoms with Gasteiger partial charge in [0.05, 0.1) is 0 Å². The second kappa shape index (κ2) is 4.45. The van der Waals surface area contributed by atoms with E-state index in [1.807, 2.05) is 13.8 Å². The predicted molar refractivity (Wildman–Crippen MR) is 64.6 cm³/mol. The Balaban J connectivity index is 2.68. The highest BCUT2D eigenvalue weighted by molar-refractivity contribution is 9.10. The van der Waals surface area contributed by atoms with Crippen LogP contribution in [0.5, 0.6) is 11.5 Å². The van der Waals surface area contributed by atoms with E-state index in [-0.39, 0.29) is 5.92 Å². The Bertz CT molecular complexity index is 427. The van der Waals surface area contributed by atoms with Gasteiger partial charge in [-0.2, -0.15) is 0 Å². The van der Waals surface area contributed by atoms with E-state index < -0.39 is 0 Å². The van der Waals surface area contributed by atoms with Gasteiger partial charge in [0.15, 0.2) is 17.8 Å². The molecule has 0 radical (unpaired) electrons. The third-order valence-electron chi connectivity index (χ3n) is 2.56. The minimum atomic E-state index is 0.216. The molecule has 16 heavy (non-hydrogen) atoms. The molecule has 0 aromatic heterocycles. The molecule has 0 fully saturated rings. The molecule has 3 nitrogen and oxygen atoms in total. The van der Waals surface area contributed by atoms with Crippen molar-refractivity contribution in [1.29, 1.82) is 0 Å². The molecule has 1 aromatic carbocycles. The van der Waals surface area contributed by atoms with Crippen LogP contribution in [-0.4, -0.2) is 19.5 Å². The van der Waals surface area contributed by atoms with Crippen LogP contribution in [0.3, 0.4) is 0 Å². The average Bonchev–Trinajstić information content (AvgIpc) is 2.26. The standard InChI is InChI=1S/C12H13BrO3/c1-7(2)11-8(6-14)9(13)5-10-12(11)16-4-3-15-10/h5-7H,3-4H2,1-2H3. The fourth-order valence-corrected chi connectivity index (χ4v) is 2.40. The Kier molecular flexibility index (Phi) is 3.19. The smallest absolute Gasteiger partial charge is 0.165 e. The normalized spacial score (nSPS) is 14.0. The number of hydrogen-bond donors (Lipinski definition) is 0. The van der Waals surface area contributed by atoms with E-state index in [4.69, 9.17) is 9.47 Å². The Labute approximate surface area is 103 Å². The van der Waals surface area contributed by atoms with Gasteiger partial charge in [0.2, 0.25) is 0 Å². The predicted octanol–water partition coefficient (Wildman–Crippen LogP) is 3.16. The van der Waals surface area contributed by atoms with Gasteiger partial charge in [-0.05, 0) is 27.9 Å². The average molecular weight is 285 g/mol. The molecule has 2 rings (SSSR count). The number of carbonyl (C=O) groups excluding carboxylic acids is 1. The highest BCUT2D eigenvalue weighted by Crippen LogP contribution is 2.42. The van der Waals surface area contributed by atoms with Crippen LogP contribution < -0.4 is 9.47 Å². The first-order valence-corrected chi connectivity index (χ1v) is 6.01. The van der Waals surface area contributed by atoms with Crippen LogP contribution in [0, 0.1) is 0 Å². The zero-order chi connectivity index (χ0) is 11.7. The van der Waals surface area contributed by atoms with E-state index >= 15 is 0 Å². The zero-order valence-electron chi connectivity index (χ0n) is 9.25. The molecule has 0 spiro atoms. The third-order valence-corrected chi connectivity index (χ3v) is 3.21. The van der Waals surface area contributed by atoms with Crippen LogP contribution in [-0.2, 0) is 0 Å². The molecule has 1 aliphatic rings. The van der Waals surface area contributed by atoms with Crippen molar-refractivity contribution < 1.29 is 14.3 Å². The molecule has 0 bridgehead atoms. The van der Waals surface area contributed by atoms with Crippen molar-refractivity contribution in [3.8, 4) is 11.5 Å². The molecule has 0 unspecified atom stereocenters. The van der Waals surface area contributed by atoms with E-state index in [1.54, 1.807) is 6.07 Å². The quantitative estimate of drug-likeness (QED) is 0.783. The molecule has 1 aliphatic heterocycles. The largest absolute Gasteiger partial charge is 0.486 e. The number of fused-ring (bicyclic) bond motifs is 1. The van der Waals surface area contributed by atoms with Crippen molar-refractivity contribution in [3.63, 3.8) is 0 Å². The van der Waals surface area contributed by atoms with Gasteiger partial charge >= 0.3 is 0 Å². The van der Waals surface area contributed by atoms with Crippen LogP contribution >= 0.6 is 15.9 Å². The molecule has 1 heterocycles. The molecule has 0 atom stereocenters. The fourth-order valence-electron chi connectivity index (χ4n) is 1.89. The minimum Gasteiger partial charge on any atom is -0.486 e. The van der Waals surface area contributed by atoms with Crippen molar-refractivity contribution >= 4 is 22.2 Å². The Morgan fingerprint density at radius 3 is 2.69 bits per heavy atom. The highest BCUT2D eigenvalue weighted by atomic mass is 79.9. The molecule has 0 aliphatic carbocycles. The maximum atomic E-state index is 11.1. The van der Waals surface area contributed by atoms with Gasteiger partial charge in [0, 0.05) is 15.6 Å². The molecule has 0 amide bonds. The second-order valence-electron chi connectivity index (χ2n) is 3.98. The SMILES string of the molecule is CC(C)c1c(C=O)c(Br)cc2c1OCCO2. The number of carbonyl (C=O) groups is 1. The number of benzene rings is 1. The summed E-state index contributed by atoms with van der Waals surface area (Å²) in [6.45, 7) is 5.16. The Morgan fingerprint density at radius 2 is 2.06 bits per heavy atom. The molecule has 0 saturated carbocycles. The summed E-state index contributed by atoms with van der Waals surface area (Å²) in [5.41, 5.74) is 1.57. The lowest BCUT2D eigenvalue weighted by Gasteiger charge is -2.24. The van der Waals surface area contributed by atoms with Gasteiger partial charge in [0.25, 0.3) is 0 Å². The molecule has 86 valence electrons. The monoisotopic (exact) mass is 284 g/mol. The topological polar surface area (TPSA) is 35.5 Å². The van der Waals surface area contributed by atoms with Gasteiger partial charge in [-0.15, -0.1) is 0 Å². The summed E-state index contributed by atoms with van der Waals surface area (Å²) >= 11 is 3.39. The minimum absolute atomic E-state index is 0.216. The number of hydrogen-bond acceptors (Lipinski definition) is 3. The van der Waals surface area contributed by atoms with Crippen LogP contribution in [0.15, 0.2) is 10.5 Å². The summed E-state index contributed by atoms with van der Waals surface area (Å²) in [5.74, 6) is 1.65. The Hall–Kier alpha value is -1.03. The molecule has 0 N–H and O–H groups in total. The van der Waals surface area contributed by atoms with Crippen LogP contribution in [0.25, 0.3) is 0 Å². The van der Waals surface area contributed by atoms with E-state index in [9.17, 15) is 4.79 Å². The van der Waals surface area contributed by atoms with Gasteiger partial charge < -0.3 is 9.47 Å². The van der Waals surface area contributed by atoms with Gasteiger partial charge in [-0.1, -0.05) is 13.8 Å². The van der Waals surface area contributed by atoms with Gasteiger partial charge in [-0.25, -0.2) is 0 Å². The Morgan fingerprint density at radius 1 is 1.38 bits per heavy atom. The van der Waals surface area contributed by atoms with Crippen LogP contribution in [0.1, 0.15) is 35.7 Å². The lowest BCUT2D eigenvalue weighted by atomic mass is 9.96. The summed E-state index contributed by atoms with van der Waals surface area (Å²) in [7, 11) is 0. The lowest BCUT2D eigenvalue weighted by Crippen LogP contribution is -2.18. The van der Waals surface area contributed by atoms with Crippen molar-refractivity contribution in [2.75, 3.05) is 13.2 Å². The van der Waals surface area contributed by atoms with Crippen LogP contribution in [0.4, 0.5) is 0 Å². The summed E-state index contributed by atoms with van der Waals surface area (Å²) in [6, 6.07) is 1.80. The molecular weight excluding hydrogens is 272 g/mol. The van der Waals surface area contributed by atoms with E-state index in [0.29, 0.717) is 30.3 Å². The summed E-state index contributed by atoms with van der Waals surface area (Å²) in [6.07, 6.45) is 0.859. The lowest BCUT2D eigenvalue weighted by molar-refractivity contribution is 0.111. The molecule has 4 heteroatoms. The van der Waals surface area contributed by atoms with Crippen molar-refractivity contribution in [2.45, 2.75) is 19.8 Å². The first-order chi connectivity index (χ1) is 7.65. The van der Waals surface area contributed by atoms with Crippen molar-refractivity contribution in [1.82, 2.24) is 0 Å². The number of rotatable bonds is 2. The maximum absolute atomic E-state index is 11.1. The fraction of sp³-hybridized carbons (Fsp3) is 0.417. The number of halogens is 1. The first-order valence-electron chi connectivity index (χ1n) is 5.22. The van der Waals surface area contributed by atoms with E-state index in [2.05, 4.69) is 15.9 Å². The summed E-state index contributed by atoms with van der Waals surface area (Å²) in [5, 5.41) is 0. The number of ether oxygens (including phenoxy) is 2. The highest BCUT2D eigenvalue weighted by Gasteiger charge is 2.23. The summed E-state index contributed by atoms with van der Waals surface area (Å²) in [4.78, 5) is 11.1. The van der Waals surface area contributed by atoms with E-state index in [0.717, 1.165) is 16.3 Å². The van der Waals surface area contributed by atoms with Crippen molar-refractivity contribution in [3.05, 3.63) is 21.7 Å². The number of aldehydes is 1. The molecule has 1 aromatic rings. The summed E-state index contributed by atoms with van der Waals surface area (Å²) < 4.78 is 11.9. The third kappa shape index (κ3) is 1.82. The zero-order valence-corrected chi connectivity index (χ0v) is 10.8. The van der Waals surface area contributed by atoms with Crippen LogP contribution in [0.2, 0.25) is 0 Å². The molecular formula is C12H13BrO3. The second-order valence-corrected chi connectivity index (χ2v) is 4.84. The van der Waals surface area contributed by atoms with E-state index in [1.165, 1.54) is 0 Å².